The van der Waals surface area contributed by atoms with Gasteiger partial charge in [-0.25, -0.2) is 0 Å². The third-order valence-electron chi connectivity index (χ3n) is 18.5. The Labute approximate surface area is 532 Å². The molecular weight excluding hydrogens is 1040 g/mol. The second-order valence-corrected chi connectivity index (χ2v) is 27.0. The van der Waals surface area contributed by atoms with Crippen molar-refractivity contribution in [2.75, 3.05) is 13.2 Å². The highest BCUT2D eigenvalue weighted by molar-refractivity contribution is 5.76. The Bertz CT molecular complexity index is 1330. The fourth-order valence-electron chi connectivity index (χ4n) is 12.5. The quantitative estimate of drug-likeness (QED) is 0.0320. The predicted octanol–water partition coefficient (Wildman–Crippen LogP) is 25.7. The molecule has 504 valence electrons. The van der Waals surface area contributed by atoms with Crippen molar-refractivity contribution >= 4 is 11.9 Å². The molecule has 1 amide bonds. The topological polar surface area (TPSA) is 95.9 Å². The highest BCUT2D eigenvalue weighted by Gasteiger charge is 2.18. The van der Waals surface area contributed by atoms with Crippen LogP contribution in [-0.4, -0.2) is 47.4 Å². The second-order valence-electron chi connectivity index (χ2n) is 27.0. The fraction of sp³-hybridized carbons (Fsp3) is 0.924. The van der Waals surface area contributed by atoms with E-state index in [1.807, 2.05) is 6.08 Å². The van der Waals surface area contributed by atoms with Crippen molar-refractivity contribution in [1.29, 1.82) is 0 Å². The van der Waals surface area contributed by atoms with E-state index in [1.54, 1.807) is 6.08 Å². The minimum absolute atomic E-state index is 0.0179. The summed E-state index contributed by atoms with van der Waals surface area (Å²) in [6.45, 7) is 4.95. The van der Waals surface area contributed by atoms with Crippen LogP contribution in [0.2, 0.25) is 0 Å². The first kappa shape index (κ1) is 83.3. The van der Waals surface area contributed by atoms with E-state index in [1.165, 1.54) is 372 Å². The number of hydrogen-bond donors (Lipinski definition) is 3. The molecule has 2 atom stereocenters. The third-order valence-corrected chi connectivity index (χ3v) is 18.5. The normalized spacial score (nSPS) is 12.6. The summed E-state index contributed by atoms with van der Waals surface area (Å²) in [5.74, 6) is -0.0416. The molecule has 0 aliphatic heterocycles. The lowest BCUT2D eigenvalue weighted by Crippen LogP contribution is -2.45. The number of esters is 1. The lowest BCUT2D eigenvalue weighted by Gasteiger charge is -2.20. The molecular formula is C79H153NO5. The van der Waals surface area contributed by atoms with Gasteiger partial charge >= 0.3 is 5.97 Å². The predicted molar refractivity (Wildman–Crippen MR) is 375 cm³/mol. The zero-order valence-corrected chi connectivity index (χ0v) is 57.9. The monoisotopic (exact) mass is 1200 g/mol. The van der Waals surface area contributed by atoms with Crippen molar-refractivity contribution in [3.05, 3.63) is 24.3 Å². The molecule has 85 heavy (non-hydrogen) atoms. The van der Waals surface area contributed by atoms with E-state index in [0.717, 1.165) is 44.9 Å². The maximum absolute atomic E-state index is 12.5. The van der Waals surface area contributed by atoms with Crippen molar-refractivity contribution < 1.29 is 24.5 Å². The van der Waals surface area contributed by atoms with Crippen LogP contribution < -0.4 is 5.32 Å². The van der Waals surface area contributed by atoms with E-state index < -0.39 is 12.1 Å². The van der Waals surface area contributed by atoms with Gasteiger partial charge in [-0.1, -0.05) is 398 Å². The van der Waals surface area contributed by atoms with Gasteiger partial charge in [0.05, 0.1) is 25.4 Å². The average Bonchev–Trinajstić information content (AvgIpc) is 3.51. The van der Waals surface area contributed by atoms with E-state index in [4.69, 9.17) is 4.74 Å². The van der Waals surface area contributed by atoms with Gasteiger partial charge in [-0.05, 0) is 57.8 Å². The van der Waals surface area contributed by atoms with Crippen LogP contribution in [0.5, 0.6) is 0 Å². The number of amides is 1. The summed E-state index contributed by atoms with van der Waals surface area (Å²) in [5, 5.41) is 23.3. The summed E-state index contributed by atoms with van der Waals surface area (Å²) in [6.07, 6.45) is 95.8. The van der Waals surface area contributed by atoms with Crippen LogP contribution in [0.25, 0.3) is 0 Å². The van der Waals surface area contributed by atoms with Gasteiger partial charge in [0.25, 0.3) is 0 Å². The molecule has 0 saturated heterocycles. The molecule has 0 spiro atoms. The summed E-state index contributed by atoms with van der Waals surface area (Å²) in [5.41, 5.74) is 0. The molecule has 6 nitrogen and oxygen atoms in total. The van der Waals surface area contributed by atoms with Crippen LogP contribution in [-0.2, 0) is 14.3 Å². The number of hydrogen-bond acceptors (Lipinski definition) is 5. The molecule has 2 unspecified atom stereocenters. The van der Waals surface area contributed by atoms with Crippen molar-refractivity contribution in [2.45, 2.75) is 456 Å². The fourth-order valence-corrected chi connectivity index (χ4v) is 12.5. The van der Waals surface area contributed by atoms with E-state index >= 15 is 0 Å². The van der Waals surface area contributed by atoms with Crippen LogP contribution >= 0.6 is 0 Å². The van der Waals surface area contributed by atoms with Gasteiger partial charge in [0.15, 0.2) is 0 Å². The Hall–Kier alpha value is -1.66. The first-order chi connectivity index (χ1) is 42.0. The zero-order valence-electron chi connectivity index (χ0n) is 57.9. The minimum Gasteiger partial charge on any atom is -0.466 e. The van der Waals surface area contributed by atoms with Crippen LogP contribution in [0.15, 0.2) is 24.3 Å². The summed E-state index contributed by atoms with van der Waals surface area (Å²) < 4.78 is 5.51. The highest BCUT2D eigenvalue weighted by Crippen LogP contribution is 2.20. The molecule has 3 N–H and O–H groups in total. The SMILES string of the molecule is CCCCCCCCC/C=C\CCCCCCCCCC(=O)OCCCCCCCCCCCCCCCCCCCCCCCCCCCCCCCCC(=O)NC(CO)C(O)/C=C/CCCCCCCCCCCCCCCCCCCC. The minimum atomic E-state index is -0.842. The smallest absolute Gasteiger partial charge is 0.305 e. The molecule has 0 bridgehead atoms. The average molecular weight is 1200 g/mol. The number of carbonyl (C=O) groups is 2. The van der Waals surface area contributed by atoms with E-state index in [9.17, 15) is 19.8 Å². The number of unbranched alkanes of at least 4 members (excludes halogenated alkanes) is 61. The van der Waals surface area contributed by atoms with Crippen LogP contribution in [0, 0.1) is 0 Å². The van der Waals surface area contributed by atoms with Crippen molar-refractivity contribution in [3.8, 4) is 0 Å². The number of carbonyl (C=O) groups excluding carboxylic acids is 2. The van der Waals surface area contributed by atoms with Gasteiger partial charge in [-0.3, -0.25) is 9.59 Å². The van der Waals surface area contributed by atoms with Gasteiger partial charge < -0.3 is 20.3 Å². The number of rotatable bonds is 74. The number of allylic oxidation sites excluding steroid dienone is 3. The number of ether oxygens (including phenoxy) is 1. The van der Waals surface area contributed by atoms with Gasteiger partial charge in [-0.2, -0.15) is 0 Å². The van der Waals surface area contributed by atoms with Crippen LogP contribution in [0.3, 0.4) is 0 Å². The van der Waals surface area contributed by atoms with E-state index in [2.05, 4.69) is 31.3 Å². The molecule has 0 radical (unpaired) electrons. The lowest BCUT2D eigenvalue weighted by molar-refractivity contribution is -0.143. The van der Waals surface area contributed by atoms with Gasteiger partial charge in [0, 0.05) is 12.8 Å². The van der Waals surface area contributed by atoms with E-state index in [-0.39, 0.29) is 18.5 Å². The Morgan fingerprint density at radius 2 is 0.553 bits per heavy atom. The molecule has 0 rings (SSSR count). The molecule has 0 fully saturated rings. The number of aliphatic hydroxyl groups excluding tert-OH is 2. The number of aliphatic hydroxyl groups is 2. The molecule has 0 heterocycles. The molecule has 0 saturated carbocycles. The maximum Gasteiger partial charge on any atom is 0.305 e. The summed E-state index contributed by atoms with van der Waals surface area (Å²) in [4.78, 5) is 24.7. The molecule has 0 aromatic carbocycles. The summed E-state index contributed by atoms with van der Waals surface area (Å²) >= 11 is 0. The largest absolute Gasteiger partial charge is 0.466 e. The number of nitrogens with one attached hydrogen (secondary N) is 1. The standard InChI is InChI=1S/C79H153NO5/c1-3-5-7-9-11-13-15-17-19-21-23-36-39-43-47-51-55-59-63-67-71-77(82)76(75-81)80-78(83)72-68-64-60-56-52-48-44-40-37-34-32-30-28-26-24-25-27-29-31-33-35-38-42-46-50-54-58-62-66-70-74-85-79(84)73-69-65-61-57-53-49-45-41-22-20-18-16-14-12-10-8-6-4-2/h20,22,67,71,76-77,81-82H,3-19,21,23-66,68-70,72-75H2,1-2H3,(H,80,83)/b22-20-,71-67+. The Balaban J connectivity index is 3.34. The Morgan fingerprint density at radius 3 is 0.835 bits per heavy atom. The first-order valence-electron chi connectivity index (χ1n) is 39.1. The molecule has 0 aliphatic rings. The highest BCUT2D eigenvalue weighted by atomic mass is 16.5. The van der Waals surface area contributed by atoms with Crippen LogP contribution in [0.1, 0.15) is 444 Å². The van der Waals surface area contributed by atoms with Crippen molar-refractivity contribution in [1.82, 2.24) is 5.32 Å². The van der Waals surface area contributed by atoms with Crippen LogP contribution in [0.4, 0.5) is 0 Å². The van der Waals surface area contributed by atoms with Gasteiger partial charge in [0.1, 0.15) is 0 Å². The summed E-state index contributed by atoms with van der Waals surface area (Å²) in [6, 6.07) is -0.626. The molecule has 0 aromatic rings. The van der Waals surface area contributed by atoms with Gasteiger partial charge in [0.2, 0.25) is 5.91 Å². The summed E-state index contributed by atoms with van der Waals surface area (Å²) in [7, 11) is 0. The molecule has 0 aromatic heterocycles. The molecule has 6 heteroatoms. The molecule has 0 aliphatic carbocycles. The Morgan fingerprint density at radius 1 is 0.318 bits per heavy atom. The van der Waals surface area contributed by atoms with Crippen molar-refractivity contribution in [3.63, 3.8) is 0 Å². The van der Waals surface area contributed by atoms with Gasteiger partial charge in [-0.15, -0.1) is 0 Å². The van der Waals surface area contributed by atoms with Crippen molar-refractivity contribution in [2.24, 2.45) is 0 Å². The lowest BCUT2D eigenvalue weighted by atomic mass is 10.0. The maximum atomic E-state index is 12.5. The zero-order chi connectivity index (χ0) is 61.3. The Kier molecular flexibility index (Phi) is 73.3. The first-order valence-corrected chi connectivity index (χ1v) is 39.1. The third kappa shape index (κ3) is 71.3. The second kappa shape index (κ2) is 74.8. The van der Waals surface area contributed by atoms with E-state index in [0.29, 0.717) is 19.4 Å².